The van der Waals surface area contributed by atoms with E-state index < -0.39 is 39.3 Å². The summed E-state index contributed by atoms with van der Waals surface area (Å²) in [6.07, 6.45) is 1.70. The Morgan fingerprint density at radius 3 is 2.41 bits per heavy atom. The molecular formula is C23H23F2N3O5S. The average Bonchev–Trinajstić information content (AvgIpc) is 3.18. The number of aromatic nitrogens is 1. The number of sulfonamides is 1. The summed E-state index contributed by atoms with van der Waals surface area (Å²) in [7, 11) is -3.87. The number of nitrogens with zero attached hydrogens (tertiary/aromatic N) is 1. The summed E-state index contributed by atoms with van der Waals surface area (Å²) in [4.78, 5) is 16.5. The van der Waals surface area contributed by atoms with Crippen molar-refractivity contribution in [3.63, 3.8) is 0 Å². The van der Waals surface area contributed by atoms with Crippen LogP contribution in [0.5, 0.6) is 11.8 Å². The predicted octanol–water partition coefficient (Wildman–Crippen LogP) is 4.95. The number of nitrogens with one attached hydrogen (secondary N) is 2. The molecule has 11 heteroatoms. The van der Waals surface area contributed by atoms with Gasteiger partial charge in [-0.1, -0.05) is 18.2 Å². The molecule has 3 aromatic rings. The summed E-state index contributed by atoms with van der Waals surface area (Å²) < 4.78 is 63.6. The van der Waals surface area contributed by atoms with E-state index in [0.717, 1.165) is 41.4 Å². The molecule has 1 aromatic heterocycles. The maximum Gasteiger partial charge on any atom is 0.399 e. The molecule has 2 aromatic carbocycles. The number of benzene rings is 2. The lowest BCUT2D eigenvalue weighted by molar-refractivity contribution is 0.0934. The largest absolute Gasteiger partial charge is 0.416 e. The Morgan fingerprint density at radius 1 is 1.18 bits per heavy atom. The third-order valence-electron chi connectivity index (χ3n) is 4.66. The number of anilines is 1. The Balaban J connectivity index is 1.72. The van der Waals surface area contributed by atoms with Crippen molar-refractivity contribution in [2.24, 2.45) is 0 Å². The Hall–Kier alpha value is -3.73. The fourth-order valence-corrected chi connectivity index (χ4v) is 3.61. The maximum atomic E-state index is 14.3. The third-order valence-corrected chi connectivity index (χ3v) is 5.24. The number of carbonyl (C=O) groups excluding carboxylic acids is 1. The van der Waals surface area contributed by atoms with E-state index in [0.29, 0.717) is 5.75 Å². The zero-order valence-corrected chi connectivity index (χ0v) is 19.7. The minimum atomic E-state index is -3.87. The quantitative estimate of drug-likeness (QED) is 0.461. The van der Waals surface area contributed by atoms with Gasteiger partial charge in [0, 0.05) is 0 Å². The first kappa shape index (κ1) is 24.9. The van der Waals surface area contributed by atoms with Crippen LogP contribution in [0.2, 0.25) is 0 Å². The number of allylic oxidation sites excluding steroid dienone is 1. The van der Waals surface area contributed by atoms with Gasteiger partial charge < -0.3 is 14.5 Å². The number of rotatable bonds is 8. The molecule has 0 fully saturated rings. The standard InChI is InChI=1S/C23H23F2N3O5S/c1-12(2)15-6-13(3)7-17(8-15)33-23-27-20(11-32-23)22(29)26-14(4)16-9-18(24)21(19(25)10-16)28-34(5,30)31/h6-11,14,28H,1H2,2-5H3,(H,26,29)/t14-/m1/s1. The predicted molar refractivity (Wildman–Crippen MR) is 123 cm³/mol. The Morgan fingerprint density at radius 2 is 1.82 bits per heavy atom. The number of halogens is 2. The van der Waals surface area contributed by atoms with Crippen LogP contribution in [0, 0.1) is 18.6 Å². The summed E-state index contributed by atoms with van der Waals surface area (Å²) in [5.74, 6) is -2.46. The molecule has 0 aliphatic heterocycles. The highest BCUT2D eigenvalue weighted by Gasteiger charge is 2.20. The van der Waals surface area contributed by atoms with Gasteiger partial charge in [-0.05, 0) is 61.7 Å². The molecule has 0 radical (unpaired) electrons. The molecule has 1 amide bonds. The van der Waals surface area contributed by atoms with Gasteiger partial charge in [-0.15, -0.1) is 0 Å². The second kappa shape index (κ2) is 9.64. The minimum absolute atomic E-state index is 0.0782. The lowest BCUT2D eigenvalue weighted by Gasteiger charge is -2.15. The Kier molecular flexibility index (Phi) is 7.06. The van der Waals surface area contributed by atoms with Gasteiger partial charge in [0.2, 0.25) is 10.0 Å². The number of carbonyl (C=O) groups is 1. The molecule has 0 unspecified atom stereocenters. The van der Waals surface area contributed by atoms with Crippen LogP contribution >= 0.6 is 0 Å². The lowest BCUT2D eigenvalue weighted by Crippen LogP contribution is -2.27. The van der Waals surface area contributed by atoms with E-state index in [1.807, 2.05) is 19.9 Å². The summed E-state index contributed by atoms with van der Waals surface area (Å²) in [5.41, 5.74) is 1.84. The first-order valence-electron chi connectivity index (χ1n) is 10.0. The fourth-order valence-electron chi connectivity index (χ4n) is 3.04. The zero-order valence-electron chi connectivity index (χ0n) is 18.9. The lowest BCUT2D eigenvalue weighted by atomic mass is 10.1. The van der Waals surface area contributed by atoms with E-state index in [2.05, 4.69) is 16.9 Å². The molecule has 3 rings (SSSR count). The van der Waals surface area contributed by atoms with E-state index in [1.54, 1.807) is 16.9 Å². The van der Waals surface area contributed by atoms with Gasteiger partial charge >= 0.3 is 6.08 Å². The third kappa shape index (κ3) is 6.19. The number of amides is 1. The minimum Gasteiger partial charge on any atom is -0.416 e. The van der Waals surface area contributed by atoms with Crippen molar-refractivity contribution >= 4 is 27.2 Å². The number of aryl methyl sites for hydroxylation is 1. The van der Waals surface area contributed by atoms with Crippen molar-refractivity contribution in [3.05, 3.63) is 77.2 Å². The second-order valence-electron chi connectivity index (χ2n) is 7.84. The number of hydrogen-bond donors (Lipinski definition) is 2. The molecule has 2 N–H and O–H groups in total. The van der Waals surface area contributed by atoms with Crippen molar-refractivity contribution in [2.45, 2.75) is 26.8 Å². The number of ether oxygens (including phenoxy) is 1. The van der Waals surface area contributed by atoms with Crippen LogP contribution in [0.25, 0.3) is 5.57 Å². The molecule has 1 heterocycles. The van der Waals surface area contributed by atoms with Gasteiger partial charge in [0.15, 0.2) is 17.3 Å². The highest BCUT2D eigenvalue weighted by atomic mass is 32.2. The Labute approximate surface area is 195 Å². The van der Waals surface area contributed by atoms with E-state index in [-0.39, 0.29) is 17.3 Å². The summed E-state index contributed by atoms with van der Waals surface area (Å²) in [5, 5.41) is 2.54. The second-order valence-corrected chi connectivity index (χ2v) is 9.59. The molecule has 8 nitrogen and oxygen atoms in total. The van der Waals surface area contributed by atoms with Crippen molar-refractivity contribution in [2.75, 3.05) is 11.0 Å². The van der Waals surface area contributed by atoms with E-state index in [9.17, 15) is 22.0 Å². The van der Waals surface area contributed by atoms with Crippen molar-refractivity contribution < 1.29 is 31.1 Å². The molecule has 0 aliphatic rings. The van der Waals surface area contributed by atoms with E-state index in [4.69, 9.17) is 9.15 Å². The summed E-state index contributed by atoms with van der Waals surface area (Å²) >= 11 is 0. The highest BCUT2D eigenvalue weighted by molar-refractivity contribution is 7.92. The van der Waals surface area contributed by atoms with Crippen LogP contribution in [0.15, 0.2) is 47.6 Å². The number of hydrogen-bond acceptors (Lipinski definition) is 6. The molecule has 0 spiro atoms. The molecule has 1 atom stereocenters. The van der Waals surface area contributed by atoms with Crippen LogP contribution in [0.4, 0.5) is 14.5 Å². The molecule has 0 bridgehead atoms. The van der Waals surface area contributed by atoms with Crippen molar-refractivity contribution in [1.82, 2.24) is 10.3 Å². The van der Waals surface area contributed by atoms with Gasteiger partial charge in [-0.2, -0.15) is 4.98 Å². The topological polar surface area (TPSA) is 111 Å². The molecule has 0 saturated heterocycles. The highest BCUT2D eigenvalue weighted by Crippen LogP contribution is 2.27. The van der Waals surface area contributed by atoms with E-state index in [1.165, 1.54) is 6.92 Å². The van der Waals surface area contributed by atoms with Crippen LogP contribution in [-0.2, 0) is 10.0 Å². The molecule has 34 heavy (non-hydrogen) atoms. The normalized spacial score (nSPS) is 12.2. The van der Waals surface area contributed by atoms with Crippen LogP contribution in [0.1, 0.15) is 47.1 Å². The first-order chi connectivity index (χ1) is 15.8. The fraction of sp³-hybridized carbons (Fsp3) is 0.217. The van der Waals surface area contributed by atoms with Gasteiger partial charge in [0.05, 0.1) is 12.3 Å². The van der Waals surface area contributed by atoms with Gasteiger partial charge in [0.25, 0.3) is 5.91 Å². The van der Waals surface area contributed by atoms with Gasteiger partial charge in [-0.3, -0.25) is 9.52 Å². The Bertz CT molecular complexity index is 1350. The SMILES string of the molecule is C=C(C)c1cc(C)cc(Oc2nc(C(=O)N[C@H](C)c3cc(F)c(NS(C)(=O)=O)c(F)c3)co2)c1. The molecule has 0 saturated carbocycles. The average molecular weight is 492 g/mol. The zero-order chi connectivity index (χ0) is 25.2. The monoisotopic (exact) mass is 491 g/mol. The van der Waals surface area contributed by atoms with Crippen molar-refractivity contribution in [3.8, 4) is 11.8 Å². The van der Waals surface area contributed by atoms with Crippen LogP contribution < -0.4 is 14.8 Å². The molecular weight excluding hydrogens is 468 g/mol. The maximum absolute atomic E-state index is 14.3. The van der Waals surface area contributed by atoms with Gasteiger partial charge in [0.1, 0.15) is 17.7 Å². The first-order valence-corrected chi connectivity index (χ1v) is 11.9. The smallest absolute Gasteiger partial charge is 0.399 e. The van der Waals surface area contributed by atoms with Crippen LogP contribution in [0.3, 0.4) is 0 Å². The van der Waals surface area contributed by atoms with Crippen molar-refractivity contribution in [1.29, 1.82) is 0 Å². The molecule has 180 valence electrons. The number of oxazole rings is 1. The van der Waals surface area contributed by atoms with Crippen LogP contribution in [-0.4, -0.2) is 25.6 Å². The molecule has 0 aliphatic carbocycles. The summed E-state index contributed by atoms with van der Waals surface area (Å²) in [6, 6.07) is 6.49. The van der Waals surface area contributed by atoms with E-state index >= 15 is 0 Å². The van der Waals surface area contributed by atoms with Gasteiger partial charge in [-0.25, -0.2) is 17.2 Å². The summed E-state index contributed by atoms with van der Waals surface area (Å²) in [6.45, 7) is 9.16.